The van der Waals surface area contributed by atoms with Gasteiger partial charge in [-0.05, 0) is 38.5 Å². The Morgan fingerprint density at radius 1 is 0.692 bits per heavy atom. The number of phosphoric acid groups is 1. The second kappa shape index (κ2) is 26.7. The number of carbonyl (C=O) groups is 2. The summed E-state index contributed by atoms with van der Waals surface area (Å²) in [6.45, 7) is 3.03. The lowest BCUT2D eigenvalue weighted by Crippen LogP contribution is -2.29. The number of carbonyl (C=O) groups excluding carboxylic acids is 2. The van der Waals surface area contributed by atoms with Crippen LogP contribution in [0.15, 0.2) is 24.3 Å². The Labute approximate surface area is 237 Å². The Morgan fingerprint density at radius 2 is 1.21 bits per heavy atom. The molecule has 0 aromatic heterocycles. The zero-order chi connectivity index (χ0) is 29.0. The van der Waals surface area contributed by atoms with Crippen LogP contribution in [0, 0.1) is 0 Å². The number of phosphoric ester groups is 1. The molecule has 9 heteroatoms. The summed E-state index contributed by atoms with van der Waals surface area (Å²) in [6.07, 6.45) is 28.6. The number of hydrogen-bond donors (Lipinski definition) is 2. The van der Waals surface area contributed by atoms with Crippen LogP contribution < -0.4 is 0 Å². The van der Waals surface area contributed by atoms with Crippen molar-refractivity contribution < 1.29 is 37.9 Å². The smallest absolute Gasteiger partial charge is 0.462 e. The Bertz CT molecular complexity index is 701. The third-order valence-corrected chi connectivity index (χ3v) is 6.76. The molecule has 8 nitrogen and oxygen atoms in total. The van der Waals surface area contributed by atoms with Gasteiger partial charge in [-0.25, -0.2) is 4.57 Å². The van der Waals surface area contributed by atoms with Gasteiger partial charge in [-0.2, -0.15) is 0 Å². The largest absolute Gasteiger partial charge is 0.469 e. The van der Waals surface area contributed by atoms with Crippen LogP contribution in [0.3, 0.4) is 0 Å². The van der Waals surface area contributed by atoms with E-state index in [-0.39, 0.29) is 19.4 Å². The van der Waals surface area contributed by atoms with Crippen molar-refractivity contribution >= 4 is 19.8 Å². The first kappa shape index (κ1) is 37.5. The lowest BCUT2D eigenvalue weighted by Gasteiger charge is -2.18. The van der Waals surface area contributed by atoms with Gasteiger partial charge >= 0.3 is 19.8 Å². The van der Waals surface area contributed by atoms with E-state index < -0.39 is 32.5 Å². The molecule has 0 aliphatic carbocycles. The fourth-order valence-electron chi connectivity index (χ4n) is 3.97. The first-order valence-electron chi connectivity index (χ1n) is 15.1. The van der Waals surface area contributed by atoms with Gasteiger partial charge in [0.05, 0.1) is 6.61 Å². The van der Waals surface area contributed by atoms with Crippen molar-refractivity contribution in [3.63, 3.8) is 0 Å². The monoisotopic (exact) mass is 574 g/mol. The van der Waals surface area contributed by atoms with E-state index in [9.17, 15) is 14.2 Å². The molecule has 1 atom stereocenters. The van der Waals surface area contributed by atoms with Gasteiger partial charge in [0, 0.05) is 12.8 Å². The minimum absolute atomic E-state index is 0.148. The average molecular weight is 575 g/mol. The average Bonchev–Trinajstić information content (AvgIpc) is 2.90. The number of esters is 2. The number of rotatable bonds is 27. The van der Waals surface area contributed by atoms with Crippen molar-refractivity contribution in [2.45, 2.75) is 142 Å². The van der Waals surface area contributed by atoms with E-state index in [4.69, 9.17) is 19.3 Å². The first-order chi connectivity index (χ1) is 18.8. The summed E-state index contributed by atoms with van der Waals surface area (Å²) in [6, 6.07) is 0. The molecule has 0 aromatic rings. The summed E-state index contributed by atoms with van der Waals surface area (Å²) in [5.41, 5.74) is 0. The summed E-state index contributed by atoms with van der Waals surface area (Å²) in [4.78, 5) is 41.1. The molecule has 0 amide bonds. The van der Waals surface area contributed by atoms with Crippen molar-refractivity contribution in [2.24, 2.45) is 0 Å². The predicted molar refractivity (Wildman–Crippen MR) is 156 cm³/mol. The van der Waals surface area contributed by atoms with E-state index in [1.165, 1.54) is 70.6 Å². The molecule has 0 heterocycles. The van der Waals surface area contributed by atoms with Gasteiger partial charge in [-0.3, -0.25) is 14.1 Å². The molecule has 0 bridgehead atoms. The topological polar surface area (TPSA) is 119 Å². The standard InChI is InChI=1S/C30H55O8P/c1-3-5-6-7-8-9-10-11-12-13-14-15-16-17-18-19-20-21-22-23-24-25-30(32)38-28(26-36-29(31)4-2)27-37-39(33,34)35/h10-11,13-14,28H,3-9,12,15-27H2,1-2H3,(H2,33,34,35)/b11-10-,14-13-. The maximum atomic E-state index is 12.1. The Kier molecular flexibility index (Phi) is 25.7. The van der Waals surface area contributed by atoms with Crippen molar-refractivity contribution in [1.82, 2.24) is 0 Å². The molecule has 0 aliphatic heterocycles. The first-order valence-corrected chi connectivity index (χ1v) is 16.7. The molecule has 0 aliphatic rings. The maximum absolute atomic E-state index is 12.1. The van der Waals surface area contributed by atoms with Crippen LogP contribution in [0.1, 0.15) is 136 Å². The van der Waals surface area contributed by atoms with Gasteiger partial charge in [-0.1, -0.05) is 109 Å². The van der Waals surface area contributed by atoms with Gasteiger partial charge in [0.25, 0.3) is 0 Å². The van der Waals surface area contributed by atoms with Gasteiger partial charge in [0.15, 0.2) is 6.10 Å². The van der Waals surface area contributed by atoms with Gasteiger partial charge < -0.3 is 19.3 Å². The van der Waals surface area contributed by atoms with Crippen LogP contribution in [0.25, 0.3) is 0 Å². The summed E-state index contributed by atoms with van der Waals surface area (Å²) in [5, 5.41) is 0. The third-order valence-electron chi connectivity index (χ3n) is 6.28. The highest BCUT2D eigenvalue weighted by atomic mass is 31.2. The molecule has 228 valence electrons. The molecule has 0 aromatic carbocycles. The summed E-state index contributed by atoms with van der Waals surface area (Å²) < 4.78 is 25.4. The Hall–Kier alpha value is -1.47. The van der Waals surface area contributed by atoms with Crippen molar-refractivity contribution in [2.75, 3.05) is 13.2 Å². The van der Waals surface area contributed by atoms with E-state index in [2.05, 4.69) is 35.8 Å². The number of hydrogen-bond acceptors (Lipinski definition) is 6. The molecule has 2 N–H and O–H groups in total. The van der Waals surface area contributed by atoms with Crippen LogP contribution in [0.5, 0.6) is 0 Å². The zero-order valence-corrected chi connectivity index (χ0v) is 25.4. The van der Waals surface area contributed by atoms with Crippen molar-refractivity contribution in [1.29, 1.82) is 0 Å². The highest BCUT2D eigenvalue weighted by Crippen LogP contribution is 2.35. The van der Waals surface area contributed by atoms with Crippen LogP contribution in [-0.2, 0) is 28.2 Å². The molecule has 0 radical (unpaired) electrons. The molecule has 0 saturated heterocycles. The molecule has 1 unspecified atom stereocenters. The molecule has 0 saturated carbocycles. The lowest BCUT2D eigenvalue weighted by molar-refractivity contribution is -0.161. The van der Waals surface area contributed by atoms with Crippen LogP contribution in [0.2, 0.25) is 0 Å². The van der Waals surface area contributed by atoms with E-state index in [0.29, 0.717) is 6.42 Å². The number of unbranched alkanes of at least 4 members (excludes halogenated alkanes) is 14. The Balaban J connectivity index is 3.67. The van der Waals surface area contributed by atoms with E-state index in [1.807, 2.05) is 0 Å². The molecule has 0 spiro atoms. The quantitative estimate of drug-likeness (QED) is 0.0437. The highest BCUT2D eigenvalue weighted by Gasteiger charge is 2.22. The van der Waals surface area contributed by atoms with Crippen molar-refractivity contribution in [3.05, 3.63) is 24.3 Å². The molecule has 0 rings (SSSR count). The predicted octanol–water partition coefficient (Wildman–Crippen LogP) is 8.11. The van der Waals surface area contributed by atoms with E-state index >= 15 is 0 Å². The number of allylic oxidation sites excluding steroid dienone is 4. The van der Waals surface area contributed by atoms with Crippen molar-refractivity contribution in [3.8, 4) is 0 Å². The summed E-state index contributed by atoms with van der Waals surface area (Å²) in [5.74, 6) is -0.990. The van der Waals surface area contributed by atoms with Crippen LogP contribution >= 0.6 is 7.82 Å². The zero-order valence-electron chi connectivity index (χ0n) is 24.5. The van der Waals surface area contributed by atoms with Gasteiger partial charge in [0.2, 0.25) is 0 Å². The van der Waals surface area contributed by atoms with E-state index in [1.54, 1.807) is 6.92 Å². The molecular formula is C30H55O8P. The van der Waals surface area contributed by atoms with Gasteiger partial charge in [0.1, 0.15) is 6.61 Å². The highest BCUT2D eigenvalue weighted by molar-refractivity contribution is 7.46. The SMILES string of the molecule is CCCCCCC/C=C\C/C=C\CCCCCCCCCCCC(=O)OC(COC(=O)CC)COP(=O)(O)O. The van der Waals surface area contributed by atoms with E-state index in [0.717, 1.165) is 32.1 Å². The second-order valence-corrected chi connectivity index (χ2v) is 11.3. The number of ether oxygens (including phenoxy) is 2. The fourth-order valence-corrected chi connectivity index (χ4v) is 4.33. The molecule has 39 heavy (non-hydrogen) atoms. The fraction of sp³-hybridized carbons (Fsp3) is 0.800. The molecular weight excluding hydrogens is 519 g/mol. The lowest BCUT2D eigenvalue weighted by atomic mass is 10.1. The normalized spacial score (nSPS) is 12.8. The van der Waals surface area contributed by atoms with Gasteiger partial charge in [-0.15, -0.1) is 0 Å². The Morgan fingerprint density at radius 3 is 1.72 bits per heavy atom. The maximum Gasteiger partial charge on any atom is 0.469 e. The van der Waals surface area contributed by atoms with Crippen LogP contribution in [-0.4, -0.2) is 41.0 Å². The summed E-state index contributed by atoms with van der Waals surface area (Å²) in [7, 11) is -4.71. The minimum atomic E-state index is -4.71. The third kappa shape index (κ3) is 29.3. The second-order valence-electron chi connectivity index (χ2n) is 10.0. The molecule has 0 fully saturated rings. The van der Waals surface area contributed by atoms with Crippen LogP contribution in [0.4, 0.5) is 0 Å². The summed E-state index contributed by atoms with van der Waals surface area (Å²) >= 11 is 0. The minimum Gasteiger partial charge on any atom is -0.462 e.